The molecular weight excluding hydrogens is 230 g/mol. The molecule has 1 saturated carbocycles. The van der Waals surface area contributed by atoms with E-state index in [1.165, 1.54) is 0 Å². The number of nitrogens with zero attached hydrogens (tertiary/aromatic N) is 2. The van der Waals surface area contributed by atoms with Crippen molar-refractivity contribution in [2.75, 3.05) is 11.9 Å². The Kier molecular flexibility index (Phi) is 2.78. The minimum absolute atomic E-state index is 0.0990. The highest BCUT2D eigenvalue weighted by Crippen LogP contribution is 2.45. The lowest BCUT2D eigenvalue weighted by atomic mass is 10.1. The van der Waals surface area contributed by atoms with Gasteiger partial charge < -0.3 is 10.1 Å². The molecule has 0 bridgehead atoms. The fourth-order valence-corrected chi connectivity index (χ4v) is 2.12. The van der Waals surface area contributed by atoms with Gasteiger partial charge in [-0.3, -0.25) is 4.79 Å². The van der Waals surface area contributed by atoms with E-state index in [0.29, 0.717) is 12.4 Å². The van der Waals surface area contributed by atoms with Crippen molar-refractivity contribution in [2.24, 2.45) is 0 Å². The number of amides is 1. The molecule has 1 amide bonds. The number of carbonyl (C=O) groups is 1. The summed E-state index contributed by atoms with van der Waals surface area (Å²) in [7, 11) is 0. The van der Waals surface area contributed by atoms with Gasteiger partial charge in [0, 0.05) is 18.2 Å². The molecule has 1 aromatic rings. The number of carbonyl (C=O) groups excluding carboxylic acids is 1. The topological polar surface area (TPSA) is 64.1 Å². The zero-order valence-corrected chi connectivity index (χ0v) is 10.5. The van der Waals surface area contributed by atoms with Crippen LogP contribution in [0.25, 0.3) is 0 Å². The molecule has 2 heterocycles. The van der Waals surface area contributed by atoms with Crippen LogP contribution in [0.2, 0.25) is 0 Å². The van der Waals surface area contributed by atoms with E-state index in [0.717, 1.165) is 31.5 Å². The lowest BCUT2D eigenvalue weighted by Gasteiger charge is -2.11. The van der Waals surface area contributed by atoms with Gasteiger partial charge in [0.1, 0.15) is 17.7 Å². The highest BCUT2D eigenvalue weighted by Gasteiger charge is 2.42. The monoisotopic (exact) mass is 247 g/mol. The molecule has 1 N–H and O–H groups in total. The van der Waals surface area contributed by atoms with Crippen LogP contribution in [0.3, 0.4) is 0 Å². The molecular formula is C13H17N3O2. The molecule has 96 valence electrons. The van der Waals surface area contributed by atoms with E-state index in [4.69, 9.17) is 4.74 Å². The third kappa shape index (κ3) is 2.22. The molecule has 1 aliphatic carbocycles. The average Bonchev–Trinajstić information content (AvgIpc) is 2.93. The number of hydrogen-bond donors (Lipinski definition) is 1. The Bertz CT molecular complexity index is 465. The second-order valence-electron chi connectivity index (χ2n) is 5.32. The minimum Gasteiger partial charge on any atom is -0.368 e. The van der Waals surface area contributed by atoms with Crippen molar-refractivity contribution in [3.63, 3.8) is 0 Å². The van der Waals surface area contributed by atoms with E-state index in [9.17, 15) is 4.79 Å². The molecule has 1 aliphatic heterocycles. The van der Waals surface area contributed by atoms with Crippen molar-refractivity contribution in [1.29, 1.82) is 0 Å². The third-order valence-corrected chi connectivity index (χ3v) is 3.67. The first kappa shape index (κ1) is 11.6. The van der Waals surface area contributed by atoms with Gasteiger partial charge in [-0.25, -0.2) is 9.97 Å². The fraction of sp³-hybridized carbons (Fsp3) is 0.615. The summed E-state index contributed by atoms with van der Waals surface area (Å²) in [5, 5.41) is 2.81. The summed E-state index contributed by atoms with van der Waals surface area (Å²) in [6.45, 7) is 2.82. The Hall–Kier alpha value is -1.49. The van der Waals surface area contributed by atoms with Gasteiger partial charge in [-0.05, 0) is 31.7 Å². The summed E-state index contributed by atoms with van der Waals surface area (Å²) in [4.78, 5) is 20.6. The van der Waals surface area contributed by atoms with Crippen LogP contribution in [0.15, 0.2) is 12.3 Å². The van der Waals surface area contributed by atoms with Crippen molar-refractivity contribution in [3.05, 3.63) is 18.1 Å². The summed E-state index contributed by atoms with van der Waals surface area (Å²) < 4.78 is 5.34. The maximum absolute atomic E-state index is 11.9. The molecule has 5 nitrogen and oxygen atoms in total. The number of rotatable bonds is 3. The van der Waals surface area contributed by atoms with Crippen LogP contribution in [0.5, 0.6) is 0 Å². The lowest BCUT2D eigenvalue weighted by Crippen LogP contribution is -2.27. The Balaban J connectivity index is 1.70. The highest BCUT2D eigenvalue weighted by molar-refractivity contribution is 5.93. The van der Waals surface area contributed by atoms with Crippen LogP contribution in [0, 0.1) is 0 Å². The first-order valence-corrected chi connectivity index (χ1v) is 6.43. The van der Waals surface area contributed by atoms with Gasteiger partial charge in [0.25, 0.3) is 5.91 Å². The molecule has 1 atom stereocenters. The Morgan fingerprint density at radius 1 is 1.56 bits per heavy atom. The molecule has 1 aromatic heterocycles. The molecule has 18 heavy (non-hydrogen) atoms. The maximum atomic E-state index is 11.9. The van der Waals surface area contributed by atoms with Gasteiger partial charge in [0.2, 0.25) is 0 Å². The average molecular weight is 247 g/mol. The molecule has 5 heteroatoms. The Morgan fingerprint density at radius 3 is 3.06 bits per heavy atom. The van der Waals surface area contributed by atoms with Crippen LogP contribution in [-0.4, -0.2) is 28.6 Å². The van der Waals surface area contributed by atoms with Gasteiger partial charge in [0.15, 0.2) is 0 Å². The Labute approximate surface area is 106 Å². The van der Waals surface area contributed by atoms with Crippen molar-refractivity contribution in [1.82, 2.24) is 9.97 Å². The summed E-state index contributed by atoms with van der Waals surface area (Å²) >= 11 is 0. The molecule has 0 aromatic carbocycles. The van der Waals surface area contributed by atoms with E-state index >= 15 is 0 Å². The second-order valence-corrected chi connectivity index (χ2v) is 5.32. The molecule has 0 radical (unpaired) electrons. The van der Waals surface area contributed by atoms with Gasteiger partial charge >= 0.3 is 0 Å². The molecule has 1 saturated heterocycles. The van der Waals surface area contributed by atoms with E-state index in [2.05, 4.69) is 22.2 Å². The number of hydrogen-bond acceptors (Lipinski definition) is 4. The van der Waals surface area contributed by atoms with Gasteiger partial charge in [0.05, 0.1) is 0 Å². The van der Waals surface area contributed by atoms with E-state index in [1.54, 1.807) is 12.3 Å². The Morgan fingerprint density at radius 2 is 2.39 bits per heavy atom. The van der Waals surface area contributed by atoms with Gasteiger partial charge in [-0.15, -0.1) is 0 Å². The molecule has 0 spiro atoms. The smallest absolute Gasteiger partial charge is 0.254 e. The van der Waals surface area contributed by atoms with Crippen molar-refractivity contribution in [2.45, 2.75) is 44.1 Å². The van der Waals surface area contributed by atoms with Crippen LogP contribution >= 0.6 is 0 Å². The van der Waals surface area contributed by atoms with E-state index in [1.807, 2.05) is 0 Å². The van der Waals surface area contributed by atoms with Crippen molar-refractivity contribution >= 4 is 11.7 Å². The number of anilines is 1. The van der Waals surface area contributed by atoms with E-state index < -0.39 is 0 Å². The van der Waals surface area contributed by atoms with Crippen LogP contribution < -0.4 is 5.32 Å². The van der Waals surface area contributed by atoms with Crippen LogP contribution in [0.4, 0.5) is 5.82 Å². The standard InChI is InChI=1S/C13H17N3O2/c1-13(5-6-13)12-14-7-4-10(16-12)15-11(17)9-3-2-8-18-9/h4,7,9H,2-3,5-6,8H2,1H3,(H,14,15,16,17)/t9-/m1/s1. The quantitative estimate of drug-likeness (QED) is 0.882. The second kappa shape index (κ2) is 4.31. The van der Waals surface area contributed by atoms with Crippen molar-refractivity contribution < 1.29 is 9.53 Å². The third-order valence-electron chi connectivity index (χ3n) is 3.67. The minimum atomic E-state index is -0.320. The normalized spacial score (nSPS) is 24.8. The van der Waals surface area contributed by atoms with Gasteiger partial charge in [-0.2, -0.15) is 0 Å². The first-order valence-electron chi connectivity index (χ1n) is 6.43. The van der Waals surface area contributed by atoms with Gasteiger partial charge in [-0.1, -0.05) is 6.92 Å². The zero-order chi connectivity index (χ0) is 12.6. The molecule has 3 rings (SSSR count). The highest BCUT2D eigenvalue weighted by atomic mass is 16.5. The zero-order valence-electron chi connectivity index (χ0n) is 10.5. The summed E-state index contributed by atoms with van der Waals surface area (Å²) in [6.07, 6.45) is 5.37. The van der Waals surface area contributed by atoms with E-state index in [-0.39, 0.29) is 17.4 Å². The predicted molar refractivity (Wildman–Crippen MR) is 66.2 cm³/mol. The number of nitrogens with one attached hydrogen (secondary N) is 1. The van der Waals surface area contributed by atoms with Crippen molar-refractivity contribution in [3.8, 4) is 0 Å². The molecule has 0 unspecified atom stereocenters. The van der Waals surface area contributed by atoms with Crippen LogP contribution in [0.1, 0.15) is 38.4 Å². The SMILES string of the molecule is CC1(c2nccc(NC(=O)[C@H]3CCCO3)n2)CC1. The van der Waals surface area contributed by atoms with Crippen LogP contribution in [-0.2, 0) is 14.9 Å². The lowest BCUT2D eigenvalue weighted by molar-refractivity contribution is -0.124. The number of ether oxygens (including phenoxy) is 1. The molecule has 2 fully saturated rings. The fourth-order valence-electron chi connectivity index (χ4n) is 2.12. The maximum Gasteiger partial charge on any atom is 0.254 e. The summed E-state index contributed by atoms with van der Waals surface area (Å²) in [5.41, 5.74) is 0.116. The number of aromatic nitrogens is 2. The summed E-state index contributed by atoms with van der Waals surface area (Å²) in [6, 6.07) is 1.72. The molecule has 2 aliphatic rings. The largest absolute Gasteiger partial charge is 0.368 e. The summed E-state index contributed by atoms with van der Waals surface area (Å²) in [5.74, 6) is 1.30. The predicted octanol–water partition coefficient (Wildman–Crippen LogP) is 1.65. The first-order chi connectivity index (χ1) is 8.67.